The highest BCUT2D eigenvalue weighted by atomic mass is 32.2. The van der Waals surface area contributed by atoms with E-state index in [0.29, 0.717) is 12.3 Å². The van der Waals surface area contributed by atoms with E-state index < -0.39 is 16.1 Å². The van der Waals surface area contributed by atoms with Crippen molar-refractivity contribution in [1.82, 2.24) is 9.21 Å². The third-order valence-electron chi connectivity index (χ3n) is 7.09. The molecule has 0 bridgehead atoms. The van der Waals surface area contributed by atoms with Gasteiger partial charge >= 0.3 is 0 Å². The second-order valence-electron chi connectivity index (χ2n) is 9.87. The van der Waals surface area contributed by atoms with Crippen molar-refractivity contribution in [1.29, 1.82) is 0 Å². The van der Waals surface area contributed by atoms with Gasteiger partial charge in [-0.3, -0.25) is 4.79 Å². The molecule has 0 unspecified atom stereocenters. The average molecular weight is 477 g/mol. The van der Waals surface area contributed by atoms with Crippen LogP contribution < -0.4 is 4.74 Å². The largest absolute Gasteiger partial charge is 0.487 e. The molecular formula is C25H36N2O5S. The smallest absolute Gasteiger partial charge is 0.247 e. The number of hydrogen-bond acceptors (Lipinski definition) is 5. The minimum Gasteiger partial charge on any atom is -0.487 e. The number of nitrogens with zero attached hydrogens (tertiary/aromatic N) is 2. The number of sulfonamides is 1. The van der Waals surface area contributed by atoms with Crippen LogP contribution in [0.5, 0.6) is 5.75 Å². The molecule has 7 nitrogen and oxygen atoms in total. The number of amides is 1. The van der Waals surface area contributed by atoms with E-state index in [0.717, 1.165) is 37.7 Å². The van der Waals surface area contributed by atoms with Crippen LogP contribution >= 0.6 is 0 Å². The lowest BCUT2D eigenvalue weighted by atomic mass is 9.93. The zero-order chi connectivity index (χ0) is 23.8. The monoisotopic (exact) mass is 476 g/mol. The van der Waals surface area contributed by atoms with E-state index in [1.54, 1.807) is 24.9 Å². The summed E-state index contributed by atoms with van der Waals surface area (Å²) in [7, 11) is -2.06. The van der Waals surface area contributed by atoms with Gasteiger partial charge in [0.05, 0.1) is 13.2 Å². The highest BCUT2D eigenvalue weighted by Crippen LogP contribution is 2.37. The van der Waals surface area contributed by atoms with Gasteiger partial charge in [0.25, 0.3) is 0 Å². The molecule has 1 amide bonds. The summed E-state index contributed by atoms with van der Waals surface area (Å²) >= 11 is 0. The lowest BCUT2D eigenvalue weighted by molar-refractivity contribution is -0.132. The van der Waals surface area contributed by atoms with Crippen LogP contribution in [0, 0.1) is 11.8 Å². The Balaban J connectivity index is 1.73. The predicted molar refractivity (Wildman–Crippen MR) is 127 cm³/mol. The Labute approximate surface area is 197 Å². The first-order valence-corrected chi connectivity index (χ1v) is 13.5. The number of rotatable bonds is 6. The Morgan fingerprint density at radius 3 is 2.70 bits per heavy atom. The van der Waals surface area contributed by atoms with Gasteiger partial charge in [-0.25, -0.2) is 8.42 Å². The molecule has 182 valence electrons. The highest BCUT2D eigenvalue weighted by Gasteiger charge is 2.39. The summed E-state index contributed by atoms with van der Waals surface area (Å²) in [6, 6.07) is 4.79. The molecule has 1 aromatic rings. The van der Waals surface area contributed by atoms with Crippen molar-refractivity contribution in [2.75, 3.05) is 26.7 Å². The maximum atomic E-state index is 13.6. The maximum absolute atomic E-state index is 13.6. The van der Waals surface area contributed by atoms with Crippen molar-refractivity contribution >= 4 is 21.5 Å². The lowest BCUT2D eigenvalue weighted by Crippen LogP contribution is -2.50. The van der Waals surface area contributed by atoms with Crippen molar-refractivity contribution in [2.24, 2.45) is 11.8 Å². The first-order valence-electron chi connectivity index (χ1n) is 12.1. The van der Waals surface area contributed by atoms with Crippen LogP contribution in [0.2, 0.25) is 0 Å². The fourth-order valence-electron chi connectivity index (χ4n) is 4.75. The molecule has 2 aliphatic carbocycles. The molecule has 33 heavy (non-hydrogen) atoms. The SMILES string of the molecule is C[C@H]1CN([C@@H](C)CO)S(=O)(=O)c2ccc(C3=CCCCC3)cc2O[C@H]1CN(C)C(=O)C1CC1. The fourth-order valence-corrected chi connectivity index (χ4v) is 6.57. The molecule has 1 heterocycles. The standard InChI is InChI=1S/C25H36N2O5S/c1-17-14-27(18(2)16-28)33(30,31)24-12-11-21(19-7-5-4-6-8-19)13-22(24)32-23(17)15-26(3)25(29)20-9-10-20/h7,11-13,17-18,20,23,28H,4-6,8-10,14-16H2,1-3H3/t17-,18-,23-/m0/s1. The first-order chi connectivity index (χ1) is 15.7. The van der Waals surface area contributed by atoms with E-state index in [1.807, 2.05) is 19.1 Å². The maximum Gasteiger partial charge on any atom is 0.247 e. The minimum absolute atomic E-state index is 0.113. The Morgan fingerprint density at radius 2 is 2.06 bits per heavy atom. The van der Waals surface area contributed by atoms with Crippen LogP contribution in [0.15, 0.2) is 29.2 Å². The number of benzene rings is 1. The molecule has 0 aromatic heterocycles. The second kappa shape index (κ2) is 9.76. The van der Waals surface area contributed by atoms with Gasteiger partial charge in [0.1, 0.15) is 16.7 Å². The number of likely N-dealkylation sites (N-methyl/N-ethyl adjacent to an activating group) is 1. The van der Waals surface area contributed by atoms with Gasteiger partial charge in [-0.15, -0.1) is 0 Å². The molecule has 0 radical (unpaired) electrons. The number of carbonyl (C=O) groups excluding carboxylic acids is 1. The molecular weight excluding hydrogens is 440 g/mol. The Bertz CT molecular complexity index is 1020. The van der Waals surface area contributed by atoms with Crippen LogP contribution in [-0.2, 0) is 14.8 Å². The van der Waals surface area contributed by atoms with Crippen molar-refractivity contribution in [3.8, 4) is 5.75 Å². The quantitative estimate of drug-likeness (QED) is 0.681. The van der Waals surface area contributed by atoms with E-state index in [2.05, 4.69) is 6.08 Å². The summed E-state index contributed by atoms with van der Waals surface area (Å²) < 4.78 is 35.0. The van der Waals surface area contributed by atoms with E-state index in [4.69, 9.17) is 4.74 Å². The van der Waals surface area contributed by atoms with E-state index in [1.165, 1.54) is 16.3 Å². The molecule has 3 aliphatic rings. The van der Waals surface area contributed by atoms with Crippen LogP contribution in [0.25, 0.3) is 5.57 Å². The zero-order valence-electron chi connectivity index (χ0n) is 19.9. The van der Waals surface area contributed by atoms with Crippen molar-refractivity contribution in [2.45, 2.75) is 69.4 Å². The van der Waals surface area contributed by atoms with Crippen molar-refractivity contribution in [3.63, 3.8) is 0 Å². The van der Waals surface area contributed by atoms with Gasteiger partial charge < -0.3 is 14.7 Å². The Hall–Kier alpha value is -1.90. The normalized spacial score (nSPS) is 26.2. The zero-order valence-corrected chi connectivity index (χ0v) is 20.7. The van der Waals surface area contributed by atoms with Crippen LogP contribution in [0.4, 0.5) is 0 Å². The molecule has 1 saturated carbocycles. The van der Waals surface area contributed by atoms with Crippen LogP contribution in [0.3, 0.4) is 0 Å². The summed E-state index contributed by atoms with van der Waals surface area (Å²) in [6.45, 7) is 4.01. The number of carbonyl (C=O) groups is 1. The van der Waals surface area contributed by atoms with Gasteiger partial charge in [0.15, 0.2) is 0 Å². The number of aliphatic hydroxyl groups excluding tert-OH is 1. The van der Waals surface area contributed by atoms with Crippen molar-refractivity contribution < 1.29 is 23.1 Å². The van der Waals surface area contributed by atoms with Gasteiger partial charge in [0, 0.05) is 31.5 Å². The number of ether oxygens (including phenoxy) is 1. The molecule has 4 rings (SSSR count). The molecule has 0 saturated heterocycles. The average Bonchev–Trinajstić information content (AvgIpc) is 3.66. The summed E-state index contributed by atoms with van der Waals surface area (Å²) in [5.74, 6) is 0.400. The van der Waals surface area contributed by atoms with Gasteiger partial charge in [-0.1, -0.05) is 19.1 Å². The molecule has 1 fully saturated rings. The first kappa shape index (κ1) is 24.2. The summed E-state index contributed by atoms with van der Waals surface area (Å²) in [6.07, 6.45) is 8.03. The van der Waals surface area contributed by atoms with E-state index in [9.17, 15) is 18.3 Å². The predicted octanol–water partition coefficient (Wildman–Crippen LogP) is 3.28. The third kappa shape index (κ3) is 5.12. The number of fused-ring (bicyclic) bond motifs is 1. The Kier molecular flexibility index (Phi) is 7.17. The third-order valence-corrected chi connectivity index (χ3v) is 9.11. The number of aliphatic hydroxyl groups is 1. The molecule has 8 heteroatoms. The van der Waals surface area contributed by atoms with Gasteiger partial charge in [-0.05, 0) is 68.7 Å². The summed E-state index contributed by atoms with van der Waals surface area (Å²) in [5, 5.41) is 9.78. The van der Waals surface area contributed by atoms with Crippen LogP contribution in [-0.4, -0.2) is 67.5 Å². The molecule has 3 atom stereocenters. The van der Waals surface area contributed by atoms with Crippen molar-refractivity contribution in [3.05, 3.63) is 29.8 Å². The number of hydrogen-bond donors (Lipinski definition) is 1. The highest BCUT2D eigenvalue weighted by molar-refractivity contribution is 7.89. The van der Waals surface area contributed by atoms with Crippen LogP contribution in [0.1, 0.15) is 57.9 Å². The second-order valence-corrected chi connectivity index (χ2v) is 11.7. The molecule has 1 N–H and O–H groups in total. The van der Waals surface area contributed by atoms with E-state index in [-0.39, 0.29) is 41.9 Å². The molecule has 0 spiro atoms. The summed E-state index contributed by atoms with van der Waals surface area (Å²) in [5.41, 5.74) is 2.21. The molecule has 1 aliphatic heterocycles. The van der Waals surface area contributed by atoms with Gasteiger partial charge in [0.2, 0.25) is 15.9 Å². The van der Waals surface area contributed by atoms with Gasteiger partial charge in [-0.2, -0.15) is 4.31 Å². The lowest BCUT2D eigenvalue weighted by Gasteiger charge is -2.37. The fraction of sp³-hybridized carbons (Fsp3) is 0.640. The van der Waals surface area contributed by atoms with E-state index >= 15 is 0 Å². The topological polar surface area (TPSA) is 87.2 Å². The minimum atomic E-state index is -3.86. The Morgan fingerprint density at radius 1 is 1.30 bits per heavy atom. The summed E-state index contributed by atoms with van der Waals surface area (Å²) in [4.78, 5) is 14.4. The number of allylic oxidation sites excluding steroid dienone is 2. The molecule has 1 aromatic carbocycles.